The zero-order chi connectivity index (χ0) is 11.3. The summed E-state index contributed by atoms with van der Waals surface area (Å²) in [5.41, 5.74) is 3.36. The summed E-state index contributed by atoms with van der Waals surface area (Å²) in [4.78, 5) is 10.4. The van der Waals surface area contributed by atoms with Crippen molar-refractivity contribution in [2.24, 2.45) is 5.84 Å². The standard InChI is InChI=1S/C9H17N5O/c1-7-5-8(13-10)12-9(11-7)6-14(2)3-4-15/h5,15H,3-4,6,10H2,1-2H3,(H,11,12,13). The Hall–Kier alpha value is -1.24. The second-order valence-electron chi connectivity index (χ2n) is 3.42. The van der Waals surface area contributed by atoms with Crippen molar-refractivity contribution in [2.45, 2.75) is 13.5 Å². The molecule has 0 unspecified atom stereocenters. The lowest BCUT2D eigenvalue weighted by Crippen LogP contribution is -2.23. The number of aryl methyl sites for hydroxylation is 1. The summed E-state index contributed by atoms with van der Waals surface area (Å²) >= 11 is 0. The summed E-state index contributed by atoms with van der Waals surface area (Å²) < 4.78 is 0. The fourth-order valence-corrected chi connectivity index (χ4v) is 1.27. The van der Waals surface area contributed by atoms with E-state index >= 15 is 0 Å². The third kappa shape index (κ3) is 3.78. The smallest absolute Gasteiger partial charge is 0.145 e. The van der Waals surface area contributed by atoms with Crippen LogP contribution in [0.3, 0.4) is 0 Å². The third-order valence-electron chi connectivity index (χ3n) is 1.94. The maximum Gasteiger partial charge on any atom is 0.145 e. The number of nitrogens with two attached hydrogens (primary N) is 1. The van der Waals surface area contributed by atoms with Gasteiger partial charge in [0, 0.05) is 18.3 Å². The molecule has 0 aliphatic heterocycles. The quantitative estimate of drug-likeness (QED) is 0.449. The first kappa shape index (κ1) is 11.8. The second kappa shape index (κ2) is 5.59. The van der Waals surface area contributed by atoms with E-state index in [0.717, 1.165) is 5.69 Å². The van der Waals surface area contributed by atoms with Crippen LogP contribution in [0.1, 0.15) is 11.5 Å². The number of hydrogen-bond acceptors (Lipinski definition) is 6. The molecule has 84 valence electrons. The lowest BCUT2D eigenvalue weighted by Gasteiger charge is -2.14. The molecule has 0 fully saturated rings. The molecule has 1 rings (SSSR count). The lowest BCUT2D eigenvalue weighted by atomic mass is 10.4. The van der Waals surface area contributed by atoms with E-state index in [1.807, 2.05) is 18.9 Å². The number of nitrogens with zero attached hydrogens (tertiary/aromatic N) is 3. The maximum absolute atomic E-state index is 8.76. The Morgan fingerprint density at radius 1 is 1.53 bits per heavy atom. The van der Waals surface area contributed by atoms with Crippen molar-refractivity contribution in [2.75, 3.05) is 25.6 Å². The van der Waals surface area contributed by atoms with Crippen molar-refractivity contribution in [3.05, 3.63) is 17.6 Å². The van der Waals surface area contributed by atoms with Gasteiger partial charge in [0.05, 0.1) is 13.2 Å². The van der Waals surface area contributed by atoms with E-state index in [1.54, 1.807) is 6.07 Å². The molecule has 0 saturated carbocycles. The van der Waals surface area contributed by atoms with Gasteiger partial charge in [-0.3, -0.25) is 4.90 Å². The zero-order valence-corrected chi connectivity index (χ0v) is 9.06. The van der Waals surface area contributed by atoms with Gasteiger partial charge in [0.2, 0.25) is 0 Å². The van der Waals surface area contributed by atoms with E-state index in [2.05, 4.69) is 15.4 Å². The summed E-state index contributed by atoms with van der Waals surface area (Å²) in [5, 5.41) is 8.76. The predicted octanol–water partition coefficient (Wildman–Crippen LogP) is -0.505. The average Bonchev–Trinajstić information content (AvgIpc) is 2.17. The van der Waals surface area contributed by atoms with Crippen LogP contribution in [-0.4, -0.2) is 40.2 Å². The molecule has 0 aromatic carbocycles. The SMILES string of the molecule is Cc1cc(NN)nc(CN(C)CCO)n1. The van der Waals surface area contributed by atoms with Crippen LogP contribution >= 0.6 is 0 Å². The highest BCUT2D eigenvalue weighted by atomic mass is 16.3. The molecule has 1 aromatic rings. The average molecular weight is 211 g/mol. The molecule has 15 heavy (non-hydrogen) atoms. The highest BCUT2D eigenvalue weighted by Gasteiger charge is 2.04. The van der Waals surface area contributed by atoms with Crippen LogP contribution in [0.5, 0.6) is 0 Å². The van der Waals surface area contributed by atoms with Gasteiger partial charge in [0.1, 0.15) is 11.6 Å². The van der Waals surface area contributed by atoms with Crippen LogP contribution < -0.4 is 11.3 Å². The Morgan fingerprint density at radius 2 is 2.27 bits per heavy atom. The molecule has 0 aliphatic carbocycles. The van der Waals surface area contributed by atoms with E-state index in [9.17, 15) is 0 Å². The van der Waals surface area contributed by atoms with Gasteiger partial charge in [0.25, 0.3) is 0 Å². The van der Waals surface area contributed by atoms with Crippen LogP contribution in [0.15, 0.2) is 6.07 Å². The number of anilines is 1. The molecule has 0 amide bonds. The Kier molecular flexibility index (Phi) is 4.41. The Morgan fingerprint density at radius 3 is 2.87 bits per heavy atom. The fraction of sp³-hybridized carbons (Fsp3) is 0.556. The number of hydrogen-bond donors (Lipinski definition) is 3. The van der Waals surface area contributed by atoms with E-state index in [1.165, 1.54) is 0 Å². The number of aliphatic hydroxyl groups is 1. The van der Waals surface area contributed by atoms with Crippen molar-refractivity contribution >= 4 is 5.82 Å². The summed E-state index contributed by atoms with van der Waals surface area (Å²) in [6.45, 7) is 3.21. The molecule has 1 heterocycles. The second-order valence-corrected chi connectivity index (χ2v) is 3.42. The molecular weight excluding hydrogens is 194 g/mol. The minimum Gasteiger partial charge on any atom is -0.395 e. The molecule has 0 radical (unpaired) electrons. The number of likely N-dealkylation sites (N-methyl/N-ethyl adjacent to an activating group) is 1. The molecule has 0 saturated heterocycles. The monoisotopic (exact) mass is 211 g/mol. The van der Waals surface area contributed by atoms with Crippen LogP contribution in [0.25, 0.3) is 0 Å². The van der Waals surface area contributed by atoms with Crippen LogP contribution in [-0.2, 0) is 6.54 Å². The van der Waals surface area contributed by atoms with Gasteiger partial charge in [0.15, 0.2) is 0 Å². The Balaban J connectivity index is 2.71. The number of nitrogens with one attached hydrogen (secondary N) is 1. The maximum atomic E-state index is 8.76. The molecule has 6 heteroatoms. The minimum atomic E-state index is 0.129. The van der Waals surface area contributed by atoms with Crippen LogP contribution in [0.2, 0.25) is 0 Å². The summed E-state index contributed by atoms with van der Waals surface area (Å²) in [5.74, 6) is 6.58. The normalized spacial score (nSPS) is 10.7. The topological polar surface area (TPSA) is 87.3 Å². The molecule has 6 nitrogen and oxygen atoms in total. The number of hydrazine groups is 1. The lowest BCUT2D eigenvalue weighted by molar-refractivity contribution is 0.214. The molecule has 0 bridgehead atoms. The summed E-state index contributed by atoms with van der Waals surface area (Å²) in [6.07, 6.45) is 0. The molecule has 0 spiro atoms. The highest BCUT2D eigenvalue weighted by Crippen LogP contribution is 2.05. The summed E-state index contributed by atoms with van der Waals surface area (Å²) in [6, 6.07) is 1.77. The van der Waals surface area contributed by atoms with Crippen molar-refractivity contribution in [3.8, 4) is 0 Å². The zero-order valence-electron chi connectivity index (χ0n) is 9.06. The summed E-state index contributed by atoms with van der Waals surface area (Å²) in [7, 11) is 1.90. The highest BCUT2D eigenvalue weighted by molar-refractivity contribution is 5.33. The molecular formula is C9H17N5O. The van der Waals surface area contributed by atoms with Gasteiger partial charge < -0.3 is 10.5 Å². The van der Waals surface area contributed by atoms with E-state index < -0.39 is 0 Å². The molecule has 1 aromatic heterocycles. The largest absolute Gasteiger partial charge is 0.395 e. The van der Waals surface area contributed by atoms with Gasteiger partial charge in [-0.2, -0.15) is 0 Å². The van der Waals surface area contributed by atoms with E-state index in [4.69, 9.17) is 10.9 Å². The Bertz CT molecular complexity index is 317. The van der Waals surface area contributed by atoms with Crippen molar-refractivity contribution in [3.63, 3.8) is 0 Å². The van der Waals surface area contributed by atoms with Crippen molar-refractivity contribution in [1.82, 2.24) is 14.9 Å². The van der Waals surface area contributed by atoms with Gasteiger partial charge in [-0.15, -0.1) is 0 Å². The Labute approximate surface area is 89.1 Å². The molecule has 0 aliphatic rings. The van der Waals surface area contributed by atoms with Gasteiger partial charge in [-0.1, -0.05) is 0 Å². The number of nitrogen functional groups attached to an aromatic ring is 1. The third-order valence-corrected chi connectivity index (χ3v) is 1.94. The first-order valence-corrected chi connectivity index (χ1v) is 4.76. The van der Waals surface area contributed by atoms with E-state index in [-0.39, 0.29) is 6.61 Å². The van der Waals surface area contributed by atoms with Crippen molar-refractivity contribution < 1.29 is 5.11 Å². The van der Waals surface area contributed by atoms with Gasteiger partial charge in [-0.25, -0.2) is 15.8 Å². The van der Waals surface area contributed by atoms with E-state index in [0.29, 0.717) is 24.7 Å². The number of rotatable bonds is 5. The first-order chi connectivity index (χ1) is 7.15. The fourth-order valence-electron chi connectivity index (χ4n) is 1.27. The van der Waals surface area contributed by atoms with Gasteiger partial charge >= 0.3 is 0 Å². The number of aromatic nitrogens is 2. The number of aliphatic hydroxyl groups excluding tert-OH is 1. The molecule has 0 atom stereocenters. The predicted molar refractivity (Wildman–Crippen MR) is 58.0 cm³/mol. The van der Waals surface area contributed by atoms with Crippen LogP contribution in [0.4, 0.5) is 5.82 Å². The van der Waals surface area contributed by atoms with Crippen LogP contribution in [0, 0.1) is 6.92 Å². The molecule has 4 N–H and O–H groups in total. The minimum absolute atomic E-state index is 0.129. The van der Waals surface area contributed by atoms with Gasteiger partial charge in [-0.05, 0) is 14.0 Å². The van der Waals surface area contributed by atoms with Crippen molar-refractivity contribution in [1.29, 1.82) is 0 Å². The first-order valence-electron chi connectivity index (χ1n) is 4.76.